The van der Waals surface area contributed by atoms with E-state index < -0.39 is 0 Å². The maximum Gasteiger partial charge on any atom is 0.169 e. The van der Waals surface area contributed by atoms with E-state index in [0.29, 0.717) is 6.54 Å². The number of hydrogen-bond acceptors (Lipinski definition) is 4. The van der Waals surface area contributed by atoms with Crippen LogP contribution in [0.5, 0.6) is 0 Å². The first-order chi connectivity index (χ1) is 7.67. The number of rotatable bonds is 6. The Bertz CT molecular complexity index is 325. The van der Waals surface area contributed by atoms with Crippen LogP contribution in [0.1, 0.15) is 11.1 Å². The third-order valence-corrected chi connectivity index (χ3v) is 2.45. The molecule has 0 aliphatic heterocycles. The molecular formula is C12H20N2O2. The van der Waals surface area contributed by atoms with Crippen LogP contribution in [0.15, 0.2) is 18.2 Å². The molecule has 0 saturated heterocycles. The fourth-order valence-corrected chi connectivity index (χ4v) is 1.48. The Morgan fingerprint density at radius 3 is 2.62 bits per heavy atom. The number of ether oxygens (including phenoxy) is 2. The van der Waals surface area contributed by atoms with E-state index in [-0.39, 0.29) is 6.29 Å². The van der Waals surface area contributed by atoms with Gasteiger partial charge in [-0.15, -0.1) is 0 Å². The monoisotopic (exact) mass is 224 g/mol. The van der Waals surface area contributed by atoms with Gasteiger partial charge in [0.2, 0.25) is 0 Å². The minimum atomic E-state index is -0.217. The molecule has 0 aliphatic rings. The molecule has 0 saturated carbocycles. The summed E-state index contributed by atoms with van der Waals surface area (Å²) in [7, 11) is 3.24. The smallest absolute Gasteiger partial charge is 0.169 e. The van der Waals surface area contributed by atoms with E-state index in [0.717, 1.165) is 17.8 Å². The highest BCUT2D eigenvalue weighted by Crippen LogP contribution is 2.13. The molecule has 0 amide bonds. The van der Waals surface area contributed by atoms with Gasteiger partial charge in [-0.1, -0.05) is 17.7 Å². The molecule has 1 rings (SSSR count). The van der Waals surface area contributed by atoms with Crippen molar-refractivity contribution < 1.29 is 9.47 Å². The zero-order valence-electron chi connectivity index (χ0n) is 10.1. The van der Waals surface area contributed by atoms with Crippen LogP contribution >= 0.6 is 0 Å². The Kier molecular flexibility index (Phi) is 5.25. The first-order valence-corrected chi connectivity index (χ1v) is 5.28. The SMILES string of the molecule is COC(CNCc1cc(C)ccc1N)OC. The molecule has 0 fully saturated rings. The van der Waals surface area contributed by atoms with Crippen molar-refractivity contribution in [1.82, 2.24) is 5.32 Å². The standard InChI is InChI=1S/C12H20N2O2/c1-9-4-5-11(13)10(6-9)7-14-8-12(15-2)16-3/h4-6,12,14H,7-8,13H2,1-3H3. The first kappa shape index (κ1) is 13.0. The summed E-state index contributed by atoms with van der Waals surface area (Å²) in [5.41, 5.74) is 8.99. The molecule has 16 heavy (non-hydrogen) atoms. The van der Waals surface area contributed by atoms with Gasteiger partial charge in [0.25, 0.3) is 0 Å². The van der Waals surface area contributed by atoms with E-state index >= 15 is 0 Å². The number of nitrogens with two attached hydrogens (primary N) is 1. The van der Waals surface area contributed by atoms with Gasteiger partial charge in [-0.3, -0.25) is 0 Å². The minimum Gasteiger partial charge on any atom is -0.398 e. The molecule has 0 aromatic heterocycles. The second kappa shape index (κ2) is 6.48. The Morgan fingerprint density at radius 1 is 1.31 bits per heavy atom. The summed E-state index contributed by atoms with van der Waals surface area (Å²) in [4.78, 5) is 0. The number of anilines is 1. The number of nitrogens with one attached hydrogen (secondary N) is 1. The van der Waals surface area contributed by atoms with E-state index in [2.05, 4.69) is 18.3 Å². The van der Waals surface area contributed by atoms with Crippen molar-refractivity contribution in [3.05, 3.63) is 29.3 Å². The van der Waals surface area contributed by atoms with Gasteiger partial charge in [-0.2, -0.15) is 0 Å². The molecule has 0 bridgehead atoms. The van der Waals surface area contributed by atoms with Crippen LogP contribution in [0.4, 0.5) is 5.69 Å². The van der Waals surface area contributed by atoms with Crippen molar-refractivity contribution in [2.24, 2.45) is 0 Å². The molecule has 3 N–H and O–H groups in total. The van der Waals surface area contributed by atoms with Crippen LogP contribution in [-0.4, -0.2) is 27.1 Å². The van der Waals surface area contributed by atoms with Gasteiger partial charge in [-0.25, -0.2) is 0 Å². The molecule has 4 heteroatoms. The zero-order valence-corrected chi connectivity index (χ0v) is 10.1. The molecule has 0 spiro atoms. The summed E-state index contributed by atoms with van der Waals surface area (Å²) in [6.07, 6.45) is -0.217. The third-order valence-electron chi connectivity index (χ3n) is 2.45. The topological polar surface area (TPSA) is 56.5 Å². The van der Waals surface area contributed by atoms with Gasteiger partial charge in [0.05, 0.1) is 0 Å². The van der Waals surface area contributed by atoms with E-state index in [1.165, 1.54) is 5.56 Å². The lowest BCUT2D eigenvalue weighted by Gasteiger charge is -2.14. The summed E-state index contributed by atoms with van der Waals surface area (Å²) < 4.78 is 10.2. The molecule has 0 radical (unpaired) electrons. The quantitative estimate of drug-likeness (QED) is 0.564. The lowest BCUT2D eigenvalue weighted by molar-refractivity contribution is -0.0989. The Labute approximate surface area is 96.7 Å². The lowest BCUT2D eigenvalue weighted by Crippen LogP contribution is -2.29. The molecule has 0 unspecified atom stereocenters. The molecule has 4 nitrogen and oxygen atoms in total. The molecule has 1 aromatic rings. The van der Waals surface area contributed by atoms with Crippen LogP contribution in [0.25, 0.3) is 0 Å². The molecular weight excluding hydrogens is 204 g/mol. The van der Waals surface area contributed by atoms with Gasteiger partial charge >= 0.3 is 0 Å². The van der Waals surface area contributed by atoms with E-state index in [9.17, 15) is 0 Å². The summed E-state index contributed by atoms with van der Waals surface area (Å²) in [6, 6.07) is 6.01. The normalized spacial score (nSPS) is 11.0. The Morgan fingerprint density at radius 2 is 2.00 bits per heavy atom. The number of benzene rings is 1. The minimum absolute atomic E-state index is 0.217. The highest BCUT2D eigenvalue weighted by Gasteiger charge is 2.04. The fourth-order valence-electron chi connectivity index (χ4n) is 1.48. The molecule has 1 aromatic carbocycles. The Balaban J connectivity index is 2.45. The summed E-state index contributed by atoms with van der Waals surface area (Å²) in [5.74, 6) is 0. The number of nitrogen functional groups attached to an aromatic ring is 1. The molecule has 90 valence electrons. The third kappa shape index (κ3) is 3.81. The summed E-state index contributed by atoms with van der Waals surface area (Å²) in [6.45, 7) is 3.41. The van der Waals surface area contributed by atoms with Crippen molar-refractivity contribution in [1.29, 1.82) is 0 Å². The van der Waals surface area contributed by atoms with E-state index in [4.69, 9.17) is 15.2 Å². The second-order valence-electron chi connectivity index (χ2n) is 3.73. The maximum absolute atomic E-state index is 5.87. The molecule has 0 heterocycles. The van der Waals surface area contributed by atoms with Gasteiger partial charge in [0, 0.05) is 33.0 Å². The van der Waals surface area contributed by atoms with Crippen LogP contribution in [0.3, 0.4) is 0 Å². The van der Waals surface area contributed by atoms with Crippen molar-refractivity contribution in [3.63, 3.8) is 0 Å². The van der Waals surface area contributed by atoms with Crippen LogP contribution < -0.4 is 11.1 Å². The molecule has 0 aliphatic carbocycles. The van der Waals surface area contributed by atoms with Crippen molar-refractivity contribution in [2.45, 2.75) is 19.8 Å². The van der Waals surface area contributed by atoms with E-state index in [1.807, 2.05) is 12.1 Å². The van der Waals surface area contributed by atoms with Gasteiger partial charge in [-0.05, 0) is 18.6 Å². The zero-order chi connectivity index (χ0) is 12.0. The summed E-state index contributed by atoms with van der Waals surface area (Å²) >= 11 is 0. The lowest BCUT2D eigenvalue weighted by atomic mass is 10.1. The van der Waals surface area contributed by atoms with Crippen LogP contribution in [0.2, 0.25) is 0 Å². The maximum atomic E-state index is 5.87. The summed E-state index contributed by atoms with van der Waals surface area (Å²) in [5, 5.41) is 3.24. The van der Waals surface area contributed by atoms with Crippen LogP contribution in [-0.2, 0) is 16.0 Å². The van der Waals surface area contributed by atoms with Crippen molar-refractivity contribution in [3.8, 4) is 0 Å². The average molecular weight is 224 g/mol. The van der Waals surface area contributed by atoms with Gasteiger partial charge < -0.3 is 20.5 Å². The highest BCUT2D eigenvalue weighted by molar-refractivity contribution is 5.48. The van der Waals surface area contributed by atoms with Crippen LogP contribution in [0, 0.1) is 6.92 Å². The second-order valence-corrected chi connectivity index (χ2v) is 3.73. The number of aryl methyl sites for hydroxylation is 1. The fraction of sp³-hybridized carbons (Fsp3) is 0.500. The van der Waals surface area contributed by atoms with E-state index in [1.54, 1.807) is 14.2 Å². The largest absolute Gasteiger partial charge is 0.398 e. The Hall–Kier alpha value is -1.10. The van der Waals surface area contributed by atoms with Gasteiger partial charge in [0.1, 0.15) is 0 Å². The number of methoxy groups -OCH3 is 2. The van der Waals surface area contributed by atoms with Gasteiger partial charge in [0.15, 0.2) is 6.29 Å². The average Bonchev–Trinajstić information content (AvgIpc) is 2.29. The highest BCUT2D eigenvalue weighted by atomic mass is 16.7. The molecule has 0 atom stereocenters. The van der Waals surface area contributed by atoms with Crippen molar-refractivity contribution in [2.75, 3.05) is 26.5 Å². The predicted octanol–water partition coefficient (Wildman–Crippen LogP) is 1.29. The first-order valence-electron chi connectivity index (χ1n) is 5.28. The van der Waals surface area contributed by atoms with Crippen molar-refractivity contribution >= 4 is 5.69 Å². The number of hydrogen-bond donors (Lipinski definition) is 2. The predicted molar refractivity (Wildman–Crippen MR) is 65.1 cm³/mol.